The molecular formula is C12H25N3O3. The maximum absolute atomic E-state index is 11.3. The van der Waals surface area contributed by atoms with E-state index in [0.717, 1.165) is 13.1 Å². The van der Waals surface area contributed by atoms with Crippen LogP contribution in [0, 0.1) is 5.41 Å². The van der Waals surface area contributed by atoms with Crippen LogP contribution in [-0.2, 0) is 4.79 Å². The van der Waals surface area contributed by atoms with Gasteiger partial charge < -0.3 is 15.7 Å². The van der Waals surface area contributed by atoms with Crippen LogP contribution in [0.2, 0.25) is 0 Å². The SMILES string of the molecule is CC(C)(C)CN(CCCO)CCC(=O)NC(N)=O. The highest BCUT2D eigenvalue weighted by molar-refractivity contribution is 5.93. The van der Waals surface area contributed by atoms with Crippen LogP contribution in [0.4, 0.5) is 4.79 Å². The van der Waals surface area contributed by atoms with Crippen LogP contribution in [0.25, 0.3) is 0 Å². The summed E-state index contributed by atoms with van der Waals surface area (Å²) < 4.78 is 0. The number of carbonyl (C=O) groups is 2. The van der Waals surface area contributed by atoms with Crippen molar-refractivity contribution in [3.63, 3.8) is 0 Å². The molecule has 0 radical (unpaired) electrons. The van der Waals surface area contributed by atoms with E-state index >= 15 is 0 Å². The average molecular weight is 259 g/mol. The number of aliphatic hydroxyl groups excluding tert-OH is 1. The number of hydrogen-bond donors (Lipinski definition) is 3. The number of nitrogens with zero attached hydrogens (tertiary/aromatic N) is 1. The van der Waals surface area contributed by atoms with Gasteiger partial charge >= 0.3 is 6.03 Å². The summed E-state index contributed by atoms with van der Waals surface area (Å²) in [5, 5.41) is 10.9. The van der Waals surface area contributed by atoms with Crippen molar-refractivity contribution in [3.8, 4) is 0 Å². The third-order valence-corrected chi connectivity index (χ3v) is 2.25. The van der Waals surface area contributed by atoms with Crippen molar-refractivity contribution >= 4 is 11.9 Å². The second-order valence-electron chi connectivity index (χ2n) is 5.58. The van der Waals surface area contributed by atoms with Gasteiger partial charge in [-0.2, -0.15) is 0 Å². The van der Waals surface area contributed by atoms with Gasteiger partial charge in [-0.1, -0.05) is 20.8 Å². The molecule has 4 N–H and O–H groups in total. The third-order valence-electron chi connectivity index (χ3n) is 2.25. The summed E-state index contributed by atoms with van der Waals surface area (Å²) in [7, 11) is 0. The van der Waals surface area contributed by atoms with E-state index < -0.39 is 6.03 Å². The summed E-state index contributed by atoms with van der Waals surface area (Å²) in [5.74, 6) is -0.370. The molecule has 0 spiro atoms. The predicted molar refractivity (Wildman–Crippen MR) is 69.9 cm³/mol. The molecule has 106 valence electrons. The molecule has 0 atom stereocenters. The molecule has 3 amide bonds. The molecule has 0 saturated carbocycles. The van der Waals surface area contributed by atoms with Crippen LogP contribution >= 0.6 is 0 Å². The number of carbonyl (C=O) groups excluding carboxylic acids is 2. The van der Waals surface area contributed by atoms with Crippen molar-refractivity contribution in [1.29, 1.82) is 0 Å². The first-order chi connectivity index (χ1) is 8.24. The van der Waals surface area contributed by atoms with Gasteiger partial charge in [0.15, 0.2) is 0 Å². The highest BCUT2D eigenvalue weighted by Gasteiger charge is 2.17. The number of hydrogen-bond acceptors (Lipinski definition) is 4. The molecule has 0 unspecified atom stereocenters. The minimum Gasteiger partial charge on any atom is -0.396 e. The zero-order valence-corrected chi connectivity index (χ0v) is 11.5. The molecule has 0 heterocycles. The quantitative estimate of drug-likeness (QED) is 0.613. The smallest absolute Gasteiger partial charge is 0.318 e. The van der Waals surface area contributed by atoms with E-state index in [1.807, 2.05) is 5.32 Å². The molecule has 0 aliphatic carbocycles. The highest BCUT2D eigenvalue weighted by Crippen LogP contribution is 2.15. The van der Waals surface area contributed by atoms with Gasteiger partial charge in [0.1, 0.15) is 0 Å². The summed E-state index contributed by atoms with van der Waals surface area (Å²) in [6.07, 6.45) is 0.901. The van der Waals surface area contributed by atoms with Crippen LogP contribution < -0.4 is 11.1 Å². The molecule has 0 saturated heterocycles. The molecule has 6 nitrogen and oxygen atoms in total. The molecule has 0 aliphatic heterocycles. The number of primary amides is 1. The van der Waals surface area contributed by atoms with Gasteiger partial charge in [0.2, 0.25) is 5.91 Å². The number of rotatable bonds is 7. The van der Waals surface area contributed by atoms with Gasteiger partial charge in [-0.3, -0.25) is 10.1 Å². The lowest BCUT2D eigenvalue weighted by Gasteiger charge is -2.29. The molecular weight excluding hydrogens is 234 g/mol. The first kappa shape index (κ1) is 16.9. The zero-order valence-electron chi connectivity index (χ0n) is 11.5. The second kappa shape index (κ2) is 8.05. The Morgan fingerprint density at radius 3 is 2.33 bits per heavy atom. The number of nitrogens with two attached hydrogens (primary N) is 1. The Morgan fingerprint density at radius 1 is 1.28 bits per heavy atom. The lowest BCUT2D eigenvalue weighted by Crippen LogP contribution is -2.39. The van der Waals surface area contributed by atoms with Crippen molar-refractivity contribution < 1.29 is 14.7 Å². The number of aliphatic hydroxyl groups is 1. The lowest BCUT2D eigenvalue weighted by molar-refractivity contribution is -0.120. The summed E-state index contributed by atoms with van der Waals surface area (Å²) in [6, 6.07) is -0.822. The molecule has 0 bridgehead atoms. The number of urea groups is 1. The van der Waals surface area contributed by atoms with Crippen molar-refractivity contribution in [2.24, 2.45) is 11.1 Å². The van der Waals surface area contributed by atoms with Crippen LogP contribution in [0.5, 0.6) is 0 Å². The van der Waals surface area contributed by atoms with E-state index in [0.29, 0.717) is 13.0 Å². The van der Waals surface area contributed by atoms with Gasteiger partial charge in [-0.05, 0) is 11.8 Å². The van der Waals surface area contributed by atoms with Crippen molar-refractivity contribution in [2.45, 2.75) is 33.6 Å². The van der Waals surface area contributed by atoms with E-state index in [4.69, 9.17) is 10.8 Å². The maximum Gasteiger partial charge on any atom is 0.318 e. The van der Waals surface area contributed by atoms with E-state index in [-0.39, 0.29) is 24.3 Å². The molecule has 0 aromatic carbocycles. The largest absolute Gasteiger partial charge is 0.396 e. The fourth-order valence-electron chi connectivity index (χ4n) is 1.69. The molecule has 6 heteroatoms. The molecule has 0 aromatic rings. The predicted octanol–water partition coefficient (Wildman–Crippen LogP) is 0.302. The summed E-state index contributed by atoms with van der Waals surface area (Å²) >= 11 is 0. The zero-order chi connectivity index (χ0) is 14.2. The van der Waals surface area contributed by atoms with Crippen molar-refractivity contribution in [1.82, 2.24) is 10.2 Å². The number of amides is 3. The maximum atomic E-state index is 11.3. The Hall–Kier alpha value is -1.14. The standard InChI is InChI=1S/C12H25N3O3/c1-12(2,3)9-15(6-4-8-16)7-5-10(17)14-11(13)18/h16H,4-9H2,1-3H3,(H3,13,14,17,18). The lowest BCUT2D eigenvalue weighted by atomic mass is 9.96. The van der Waals surface area contributed by atoms with Gasteiger partial charge in [0.05, 0.1) is 0 Å². The van der Waals surface area contributed by atoms with Gasteiger partial charge in [-0.15, -0.1) is 0 Å². The summed E-state index contributed by atoms with van der Waals surface area (Å²) in [4.78, 5) is 23.9. The molecule has 0 aliphatic rings. The van der Waals surface area contributed by atoms with Gasteiger partial charge in [-0.25, -0.2) is 4.79 Å². The van der Waals surface area contributed by atoms with Crippen LogP contribution in [0.15, 0.2) is 0 Å². The van der Waals surface area contributed by atoms with Crippen molar-refractivity contribution in [3.05, 3.63) is 0 Å². The molecule has 0 fully saturated rings. The van der Waals surface area contributed by atoms with E-state index in [2.05, 4.69) is 25.7 Å². The van der Waals surface area contributed by atoms with Crippen LogP contribution in [0.1, 0.15) is 33.6 Å². The highest BCUT2D eigenvalue weighted by atomic mass is 16.3. The Morgan fingerprint density at radius 2 is 1.89 bits per heavy atom. The Labute approximate surface area is 109 Å². The minimum absolute atomic E-state index is 0.121. The first-order valence-electron chi connectivity index (χ1n) is 6.17. The van der Waals surface area contributed by atoms with E-state index in [1.165, 1.54) is 0 Å². The normalized spacial score (nSPS) is 11.6. The topological polar surface area (TPSA) is 95.7 Å². The van der Waals surface area contributed by atoms with Crippen molar-refractivity contribution in [2.75, 3.05) is 26.2 Å². The Kier molecular flexibility index (Phi) is 7.54. The Bertz CT molecular complexity index is 274. The number of nitrogens with one attached hydrogen (secondary N) is 1. The van der Waals surface area contributed by atoms with Crippen LogP contribution in [-0.4, -0.2) is 48.2 Å². The number of imide groups is 1. The van der Waals surface area contributed by atoms with E-state index in [1.54, 1.807) is 0 Å². The molecule has 0 rings (SSSR count). The van der Waals surface area contributed by atoms with Crippen LogP contribution in [0.3, 0.4) is 0 Å². The van der Waals surface area contributed by atoms with E-state index in [9.17, 15) is 9.59 Å². The summed E-state index contributed by atoms with van der Waals surface area (Å²) in [5.41, 5.74) is 4.98. The average Bonchev–Trinajstić information content (AvgIpc) is 2.19. The first-order valence-corrected chi connectivity index (χ1v) is 6.17. The second-order valence-corrected chi connectivity index (χ2v) is 5.58. The third kappa shape index (κ3) is 10.0. The summed E-state index contributed by atoms with van der Waals surface area (Å²) in [6.45, 7) is 8.59. The Balaban J connectivity index is 4.15. The monoisotopic (exact) mass is 259 g/mol. The minimum atomic E-state index is -0.822. The fraction of sp³-hybridized carbons (Fsp3) is 0.833. The molecule has 18 heavy (non-hydrogen) atoms. The fourth-order valence-corrected chi connectivity index (χ4v) is 1.69. The van der Waals surface area contributed by atoms with Gasteiger partial charge in [0, 0.05) is 32.7 Å². The van der Waals surface area contributed by atoms with Gasteiger partial charge in [0.25, 0.3) is 0 Å². The molecule has 0 aromatic heterocycles.